The van der Waals surface area contributed by atoms with E-state index in [2.05, 4.69) is 36.6 Å². The largest absolute Gasteiger partial charge is 0.312 e. The molecule has 0 aliphatic heterocycles. The van der Waals surface area contributed by atoms with Crippen molar-refractivity contribution in [3.63, 3.8) is 0 Å². The Labute approximate surface area is 122 Å². The Morgan fingerprint density at radius 3 is 2.55 bits per heavy atom. The van der Waals surface area contributed by atoms with Crippen LogP contribution in [0.4, 0.5) is 0 Å². The molecule has 0 spiro atoms. The van der Waals surface area contributed by atoms with E-state index in [4.69, 9.17) is 10.8 Å². The fraction of sp³-hybridized carbons (Fsp3) is 0.588. The Kier molecular flexibility index (Phi) is 6.06. The molecule has 1 saturated carbocycles. The van der Waals surface area contributed by atoms with Crippen LogP contribution in [0.15, 0.2) is 29.3 Å². The Hall–Kier alpha value is -1.35. The number of nitrogens with one attached hydrogen (secondary N) is 1. The van der Waals surface area contributed by atoms with E-state index in [1.807, 2.05) is 0 Å². The summed E-state index contributed by atoms with van der Waals surface area (Å²) in [6, 6.07) is 9.00. The maximum atomic E-state index is 5.65. The van der Waals surface area contributed by atoms with Crippen molar-refractivity contribution >= 4 is 5.84 Å². The molecule has 20 heavy (non-hydrogen) atoms. The lowest BCUT2D eigenvalue weighted by Crippen LogP contribution is -2.32. The zero-order chi connectivity index (χ0) is 14.2. The number of rotatable bonds is 4. The van der Waals surface area contributed by atoms with Crippen LogP contribution in [0.25, 0.3) is 0 Å². The van der Waals surface area contributed by atoms with Crippen molar-refractivity contribution in [1.82, 2.24) is 5.43 Å². The average Bonchev–Trinajstić information content (AvgIpc) is 2.73. The van der Waals surface area contributed by atoms with Gasteiger partial charge in [0.1, 0.15) is 5.84 Å². The van der Waals surface area contributed by atoms with Gasteiger partial charge in [-0.1, -0.05) is 49.9 Å². The van der Waals surface area contributed by atoms with Crippen LogP contribution >= 0.6 is 0 Å². The second-order valence-corrected chi connectivity index (χ2v) is 5.79. The molecule has 3 nitrogen and oxygen atoms in total. The highest BCUT2D eigenvalue weighted by Gasteiger charge is 2.12. The topological polar surface area (TPSA) is 50.4 Å². The maximum absolute atomic E-state index is 5.65. The van der Waals surface area contributed by atoms with Crippen LogP contribution in [0.3, 0.4) is 0 Å². The predicted octanol–water partition coefficient (Wildman–Crippen LogP) is 3.51. The third-order valence-electron chi connectivity index (χ3n) is 4.22. The quantitative estimate of drug-likeness (QED) is 0.290. The van der Waals surface area contributed by atoms with Crippen LogP contribution in [0.1, 0.15) is 56.1 Å². The first kappa shape index (κ1) is 15.0. The minimum absolute atomic E-state index is 0.473. The standard InChI is InChI=1S/C17H27N3/c1-14-8-6-7-9-15(14)12-13-17(20-18)19-16-10-4-2-3-5-11-16/h6-9,16H,2-5,10-13,18H2,1H3,(H,19,20). The van der Waals surface area contributed by atoms with Gasteiger partial charge in [0.2, 0.25) is 0 Å². The third-order valence-corrected chi connectivity index (χ3v) is 4.22. The molecule has 3 N–H and O–H groups in total. The van der Waals surface area contributed by atoms with Crippen molar-refractivity contribution in [2.75, 3.05) is 0 Å². The number of aryl methyl sites for hydroxylation is 2. The monoisotopic (exact) mass is 273 g/mol. The van der Waals surface area contributed by atoms with Gasteiger partial charge in [0.15, 0.2) is 0 Å². The van der Waals surface area contributed by atoms with E-state index >= 15 is 0 Å². The molecule has 1 aromatic carbocycles. The smallest absolute Gasteiger partial charge is 0.111 e. The van der Waals surface area contributed by atoms with E-state index in [9.17, 15) is 0 Å². The molecule has 0 saturated heterocycles. The summed E-state index contributed by atoms with van der Waals surface area (Å²) in [5.74, 6) is 6.61. The molecule has 110 valence electrons. The van der Waals surface area contributed by atoms with Crippen LogP contribution in [-0.4, -0.2) is 11.9 Å². The number of benzene rings is 1. The lowest BCUT2D eigenvalue weighted by atomic mass is 10.0. The molecule has 1 aliphatic rings. The molecule has 3 heteroatoms. The van der Waals surface area contributed by atoms with Crippen molar-refractivity contribution in [2.45, 2.75) is 64.3 Å². The molecule has 0 bridgehead atoms. The van der Waals surface area contributed by atoms with E-state index in [0.29, 0.717) is 6.04 Å². The van der Waals surface area contributed by atoms with Crippen LogP contribution in [0.2, 0.25) is 0 Å². The zero-order valence-electron chi connectivity index (χ0n) is 12.6. The van der Waals surface area contributed by atoms with Gasteiger partial charge in [0.05, 0.1) is 6.04 Å². The minimum Gasteiger partial charge on any atom is -0.312 e. The van der Waals surface area contributed by atoms with Gasteiger partial charge in [-0.25, -0.2) is 5.84 Å². The maximum Gasteiger partial charge on any atom is 0.111 e. The fourth-order valence-corrected chi connectivity index (χ4v) is 2.92. The summed E-state index contributed by atoms with van der Waals surface area (Å²) in [6.07, 6.45) is 9.68. The summed E-state index contributed by atoms with van der Waals surface area (Å²) < 4.78 is 0. The number of hydrogen-bond donors (Lipinski definition) is 2. The summed E-state index contributed by atoms with van der Waals surface area (Å²) in [6.45, 7) is 2.16. The average molecular weight is 273 g/mol. The van der Waals surface area contributed by atoms with E-state index in [1.54, 1.807) is 0 Å². The van der Waals surface area contributed by atoms with Gasteiger partial charge in [-0.3, -0.25) is 4.99 Å². The van der Waals surface area contributed by atoms with Gasteiger partial charge >= 0.3 is 0 Å². The van der Waals surface area contributed by atoms with Crippen LogP contribution < -0.4 is 11.3 Å². The van der Waals surface area contributed by atoms with Gasteiger partial charge < -0.3 is 5.43 Å². The molecular formula is C17H27N3. The molecule has 1 aromatic rings. The lowest BCUT2D eigenvalue weighted by Gasteiger charge is -2.13. The van der Waals surface area contributed by atoms with Gasteiger partial charge in [-0.05, 0) is 37.3 Å². The number of hydrogen-bond acceptors (Lipinski definition) is 2. The highest BCUT2D eigenvalue weighted by Crippen LogP contribution is 2.20. The molecule has 0 unspecified atom stereocenters. The molecule has 0 radical (unpaired) electrons. The summed E-state index contributed by atoms with van der Waals surface area (Å²) in [7, 11) is 0. The normalized spacial score (nSPS) is 17.8. The molecule has 2 rings (SSSR count). The highest BCUT2D eigenvalue weighted by molar-refractivity contribution is 5.82. The number of nitrogens with two attached hydrogens (primary N) is 1. The first-order valence-corrected chi connectivity index (χ1v) is 7.87. The van der Waals surface area contributed by atoms with Gasteiger partial charge in [-0.2, -0.15) is 0 Å². The molecule has 1 fully saturated rings. The van der Waals surface area contributed by atoms with Gasteiger partial charge in [0, 0.05) is 6.42 Å². The second kappa shape index (κ2) is 8.05. The Balaban J connectivity index is 1.92. The minimum atomic E-state index is 0.473. The number of amidine groups is 1. The van der Waals surface area contributed by atoms with E-state index in [0.717, 1.165) is 18.7 Å². The molecule has 0 aromatic heterocycles. The van der Waals surface area contributed by atoms with Crippen molar-refractivity contribution in [3.8, 4) is 0 Å². The lowest BCUT2D eigenvalue weighted by molar-refractivity contribution is 0.580. The summed E-state index contributed by atoms with van der Waals surface area (Å²) in [4.78, 5) is 4.84. The SMILES string of the molecule is Cc1ccccc1CCC(=NC1CCCCCC1)NN. The summed E-state index contributed by atoms with van der Waals surface area (Å²) in [5, 5.41) is 0. The molecule has 1 aliphatic carbocycles. The van der Waals surface area contributed by atoms with Crippen molar-refractivity contribution in [3.05, 3.63) is 35.4 Å². The van der Waals surface area contributed by atoms with E-state index in [1.165, 1.54) is 49.7 Å². The fourth-order valence-electron chi connectivity index (χ4n) is 2.92. The Morgan fingerprint density at radius 2 is 1.90 bits per heavy atom. The van der Waals surface area contributed by atoms with Crippen molar-refractivity contribution in [2.24, 2.45) is 10.8 Å². The van der Waals surface area contributed by atoms with Crippen LogP contribution in [0, 0.1) is 6.92 Å². The summed E-state index contributed by atoms with van der Waals surface area (Å²) >= 11 is 0. The number of aliphatic imine (C=N–C) groups is 1. The number of hydrazine groups is 1. The Bertz CT molecular complexity index is 432. The number of nitrogens with zero attached hydrogens (tertiary/aromatic N) is 1. The van der Waals surface area contributed by atoms with Crippen LogP contribution in [-0.2, 0) is 6.42 Å². The third kappa shape index (κ3) is 4.64. The molecular weight excluding hydrogens is 246 g/mol. The predicted molar refractivity (Wildman–Crippen MR) is 85.7 cm³/mol. The zero-order valence-corrected chi connectivity index (χ0v) is 12.6. The molecule has 0 atom stereocenters. The van der Waals surface area contributed by atoms with Crippen LogP contribution in [0.5, 0.6) is 0 Å². The van der Waals surface area contributed by atoms with Crippen molar-refractivity contribution in [1.29, 1.82) is 0 Å². The van der Waals surface area contributed by atoms with Gasteiger partial charge in [0.25, 0.3) is 0 Å². The first-order valence-electron chi connectivity index (χ1n) is 7.87. The van der Waals surface area contributed by atoms with Gasteiger partial charge in [-0.15, -0.1) is 0 Å². The van der Waals surface area contributed by atoms with E-state index < -0.39 is 0 Å². The summed E-state index contributed by atoms with van der Waals surface area (Å²) in [5.41, 5.74) is 5.54. The highest BCUT2D eigenvalue weighted by atomic mass is 15.3. The molecule has 0 heterocycles. The van der Waals surface area contributed by atoms with E-state index in [-0.39, 0.29) is 0 Å². The van der Waals surface area contributed by atoms with Crippen molar-refractivity contribution < 1.29 is 0 Å². The second-order valence-electron chi connectivity index (χ2n) is 5.79. The molecule has 0 amide bonds. The Morgan fingerprint density at radius 1 is 1.20 bits per heavy atom. The first-order chi connectivity index (χ1) is 9.79.